The standard InChI is InChI=1S/C21H32N2O3/c1-20(2,3)15-10-14(11-16(17(15)26-7)21(4,5)6)19(25)23-9-8-13(12-23)18(22)24/h10-11,13H,8-9,12H2,1-7H3,(H2,22,24). The van der Waals surface area contributed by atoms with Crippen molar-refractivity contribution in [3.05, 3.63) is 28.8 Å². The Balaban J connectivity index is 2.52. The first kappa shape index (κ1) is 20.3. The van der Waals surface area contributed by atoms with Crippen LogP contribution >= 0.6 is 0 Å². The zero-order valence-corrected chi connectivity index (χ0v) is 17.1. The van der Waals surface area contributed by atoms with Crippen LogP contribution in [0.1, 0.15) is 69.4 Å². The van der Waals surface area contributed by atoms with Crippen molar-refractivity contribution in [2.45, 2.75) is 58.8 Å². The average molecular weight is 360 g/mol. The van der Waals surface area contributed by atoms with Crippen LogP contribution in [0.25, 0.3) is 0 Å². The van der Waals surface area contributed by atoms with Gasteiger partial charge in [-0.25, -0.2) is 0 Å². The van der Waals surface area contributed by atoms with Gasteiger partial charge in [0.15, 0.2) is 0 Å². The molecule has 1 fully saturated rings. The lowest BCUT2D eigenvalue weighted by molar-refractivity contribution is -0.121. The van der Waals surface area contributed by atoms with Gasteiger partial charge in [-0.3, -0.25) is 9.59 Å². The Kier molecular flexibility index (Phi) is 5.41. The summed E-state index contributed by atoms with van der Waals surface area (Å²) in [5.74, 6) is 0.215. The van der Waals surface area contributed by atoms with E-state index in [4.69, 9.17) is 10.5 Å². The van der Waals surface area contributed by atoms with E-state index >= 15 is 0 Å². The first-order valence-corrected chi connectivity index (χ1v) is 9.18. The fourth-order valence-corrected chi connectivity index (χ4v) is 3.45. The molecule has 0 radical (unpaired) electrons. The average Bonchev–Trinajstić information content (AvgIpc) is 3.01. The number of methoxy groups -OCH3 is 1. The molecule has 2 amide bonds. The van der Waals surface area contributed by atoms with Gasteiger partial charge in [0.05, 0.1) is 13.0 Å². The molecule has 2 rings (SSSR count). The topological polar surface area (TPSA) is 72.6 Å². The SMILES string of the molecule is COc1c(C(C)(C)C)cc(C(=O)N2CCC(C(N)=O)C2)cc1C(C)(C)C. The number of ether oxygens (including phenoxy) is 1. The van der Waals surface area contributed by atoms with Gasteiger partial charge in [-0.1, -0.05) is 41.5 Å². The number of hydrogen-bond donors (Lipinski definition) is 1. The van der Waals surface area contributed by atoms with Crippen LogP contribution in [0, 0.1) is 5.92 Å². The van der Waals surface area contributed by atoms with Gasteiger partial charge in [0, 0.05) is 29.8 Å². The Bertz CT molecular complexity index is 676. The van der Waals surface area contributed by atoms with Gasteiger partial charge >= 0.3 is 0 Å². The molecule has 144 valence electrons. The van der Waals surface area contributed by atoms with Crippen LogP contribution in [0.3, 0.4) is 0 Å². The molecule has 1 aromatic rings. The number of hydrogen-bond acceptors (Lipinski definition) is 3. The molecule has 0 aliphatic carbocycles. The Hall–Kier alpha value is -2.04. The van der Waals surface area contributed by atoms with Crippen molar-refractivity contribution in [2.75, 3.05) is 20.2 Å². The molecular weight excluding hydrogens is 328 g/mol. The van der Waals surface area contributed by atoms with Gasteiger partial charge in [0.1, 0.15) is 5.75 Å². The first-order chi connectivity index (χ1) is 11.9. The fraction of sp³-hybridized carbons (Fsp3) is 0.619. The highest BCUT2D eigenvalue weighted by molar-refractivity contribution is 5.96. The van der Waals surface area contributed by atoms with Gasteiger partial charge in [-0.2, -0.15) is 0 Å². The zero-order chi connectivity index (χ0) is 19.9. The molecule has 5 heteroatoms. The van der Waals surface area contributed by atoms with Crippen molar-refractivity contribution in [3.8, 4) is 5.75 Å². The summed E-state index contributed by atoms with van der Waals surface area (Å²) in [5, 5.41) is 0. The van der Waals surface area contributed by atoms with E-state index < -0.39 is 0 Å². The third kappa shape index (κ3) is 4.02. The molecule has 0 saturated carbocycles. The molecule has 2 N–H and O–H groups in total. The van der Waals surface area contributed by atoms with E-state index in [2.05, 4.69) is 41.5 Å². The lowest BCUT2D eigenvalue weighted by Gasteiger charge is -2.30. The van der Waals surface area contributed by atoms with E-state index in [1.165, 1.54) is 0 Å². The molecule has 1 aliphatic heterocycles. The maximum atomic E-state index is 13.1. The monoisotopic (exact) mass is 360 g/mol. The van der Waals surface area contributed by atoms with Gasteiger partial charge in [0.25, 0.3) is 5.91 Å². The van der Waals surface area contributed by atoms with Crippen LogP contribution in [0.2, 0.25) is 0 Å². The molecule has 1 saturated heterocycles. The van der Waals surface area contributed by atoms with Crippen LogP contribution in [0.4, 0.5) is 0 Å². The number of likely N-dealkylation sites (tertiary alicyclic amines) is 1. The van der Waals surface area contributed by atoms with E-state index in [1.807, 2.05) is 12.1 Å². The van der Waals surface area contributed by atoms with Crippen molar-refractivity contribution in [1.29, 1.82) is 0 Å². The van der Waals surface area contributed by atoms with Crippen LogP contribution in [-0.4, -0.2) is 36.9 Å². The van der Waals surface area contributed by atoms with E-state index in [0.29, 0.717) is 25.1 Å². The Morgan fingerprint density at radius 1 is 1.08 bits per heavy atom. The lowest BCUT2D eigenvalue weighted by Crippen LogP contribution is -2.32. The molecule has 5 nitrogen and oxygen atoms in total. The lowest BCUT2D eigenvalue weighted by atomic mass is 9.78. The number of amides is 2. The molecule has 0 spiro atoms. The Labute approximate surface area is 156 Å². The molecule has 1 atom stereocenters. The minimum atomic E-state index is -0.333. The number of primary amides is 1. The maximum absolute atomic E-state index is 13.1. The van der Waals surface area contributed by atoms with E-state index in [0.717, 1.165) is 16.9 Å². The second-order valence-electron chi connectivity index (χ2n) is 9.24. The summed E-state index contributed by atoms with van der Waals surface area (Å²) in [6.45, 7) is 13.7. The van der Waals surface area contributed by atoms with Crippen molar-refractivity contribution >= 4 is 11.8 Å². The smallest absolute Gasteiger partial charge is 0.253 e. The highest BCUT2D eigenvalue weighted by Gasteiger charge is 2.33. The highest BCUT2D eigenvalue weighted by atomic mass is 16.5. The first-order valence-electron chi connectivity index (χ1n) is 9.18. The summed E-state index contributed by atoms with van der Waals surface area (Å²) in [6, 6.07) is 3.88. The summed E-state index contributed by atoms with van der Waals surface area (Å²) in [6.07, 6.45) is 0.634. The van der Waals surface area contributed by atoms with Crippen molar-refractivity contribution in [1.82, 2.24) is 4.90 Å². The largest absolute Gasteiger partial charge is 0.496 e. The van der Waals surface area contributed by atoms with Gasteiger partial charge in [-0.15, -0.1) is 0 Å². The van der Waals surface area contributed by atoms with Gasteiger partial charge in [-0.05, 0) is 29.4 Å². The minimum absolute atomic E-state index is 0.0487. The number of nitrogens with two attached hydrogens (primary N) is 1. The van der Waals surface area contributed by atoms with Crippen molar-refractivity contribution in [2.24, 2.45) is 11.7 Å². The second kappa shape index (κ2) is 6.93. The Morgan fingerprint density at radius 3 is 1.92 bits per heavy atom. The summed E-state index contributed by atoms with van der Waals surface area (Å²) in [4.78, 5) is 26.3. The molecule has 26 heavy (non-hydrogen) atoms. The molecule has 1 aromatic carbocycles. The molecule has 1 heterocycles. The maximum Gasteiger partial charge on any atom is 0.253 e. The van der Waals surface area contributed by atoms with Crippen LogP contribution in [0.5, 0.6) is 5.75 Å². The predicted octanol–water partition coefficient (Wildman–Crippen LogP) is 3.24. The number of carbonyl (C=O) groups excluding carboxylic acids is 2. The number of rotatable bonds is 3. The van der Waals surface area contributed by atoms with Crippen LogP contribution in [-0.2, 0) is 15.6 Å². The molecule has 0 bridgehead atoms. The van der Waals surface area contributed by atoms with Crippen molar-refractivity contribution < 1.29 is 14.3 Å². The zero-order valence-electron chi connectivity index (χ0n) is 17.1. The predicted molar refractivity (Wildman–Crippen MR) is 104 cm³/mol. The minimum Gasteiger partial charge on any atom is -0.496 e. The molecular formula is C21H32N2O3. The van der Waals surface area contributed by atoms with E-state index in [9.17, 15) is 9.59 Å². The highest BCUT2D eigenvalue weighted by Crippen LogP contribution is 2.40. The van der Waals surface area contributed by atoms with Crippen LogP contribution < -0.4 is 10.5 Å². The summed E-state index contributed by atoms with van der Waals surface area (Å²) < 4.78 is 5.75. The molecule has 1 aliphatic rings. The Morgan fingerprint density at radius 2 is 1.58 bits per heavy atom. The van der Waals surface area contributed by atoms with E-state index in [1.54, 1.807) is 12.0 Å². The fourth-order valence-electron chi connectivity index (χ4n) is 3.45. The summed E-state index contributed by atoms with van der Waals surface area (Å²) in [7, 11) is 1.68. The van der Waals surface area contributed by atoms with Crippen molar-refractivity contribution in [3.63, 3.8) is 0 Å². The second-order valence-corrected chi connectivity index (χ2v) is 9.24. The third-order valence-electron chi connectivity index (χ3n) is 5.03. The summed E-state index contributed by atoms with van der Waals surface area (Å²) in [5.41, 5.74) is 7.75. The van der Waals surface area contributed by atoms with Gasteiger partial charge < -0.3 is 15.4 Å². The number of nitrogens with zero attached hydrogens (tertiary/aromatic N) is 1. The molecule has 1 unspecified atom stereocenters. The normalized spacial score (nSPS) is 18.1. The number of carbonyl (C=O) groups is 2. The van der Waals surface area contributed by atoms with Crippen LogP contribution in [0.15, 0.2) is 12.1 Å². The van der Waals surface area contributed by atoms with Gasteiger partial charge in [0.2, 0.25) is 5.91 Å². The third-order valence-corrected chi connectivity index (χ3v) is 5.03. The van der Waals surface area contributed by atoms with E-state index in [-0.39, 0.29) is 28.6 Å². The molecule has 0 aromatic heterocycles. The number of benzene rings is 1. The summed E-state index contributed by atoms with van der Waals surface area (Å²) >= 11 is 0. The quantitative estimate of drug-likeness (QED) is 0.899.